The van der Waals surface area contributed by atoms with Gasteiger partial charge in [-0.15, -0.1) is 0 Å². The number of benzene rings is 1. The fourth-order valence-corrected chi connectivity index (χ4v) is 6.04. The lowest BCUT2D eigenvalue weighted by Crippen LogP contribution is -2.50. The van der Waals surface area contributed by atoms with E-state index in [1.165, 1.54) is 25.7 Å². The van der Waals surface area contributed by atoms with Crippen molar-refractivity contribution in [2.45, 2.75) is 71.6 Å². The molecule has 3 aromatic heterocycles. The van der Waals surface area contributed by atoms with E-state index in [-0.39, 0.29) is 12.1 Å². The van der Waals surface area contributed by atoms with Crippen LogP contribution in [0.1, 0.15) is 65.0 Å². The minimum Gasteiger partial charge on any atom is -0.444 e. The highest BCUT2D eigenvalue weighted by atomic mass is 16.6. The fourth-order valence-electron chi connectivity index (χ4n) is 6.04. The summed E-state index contributed by atoms with van der Waals surface area (Å²) in [5, 5.41) is 7.98. The highest BCUT2D eigenvalue weighted by Gasteiger charge is 2.28. The molecule has 2 N–H and O–H groups in total. The summed E-state index contributed by atoms with van der Waals surface area (Å²) in [5.41, 5.74) is 4.78. The van der Waals surface area contributed by atoms with E-state index in [0.717, 1.165) is 59.1 Å². The van der Waals surface area contributed by atoms with Gasteiger partial charge in [-0.25, -0.2) is 14.8 Å². The molecule has 0 spiro atoms. The van der Waals surface area contributed by atoms with Crippen LogP contribution < -0.4 is 5.32 Å². The molecular weight excluding hydrogens is 528 g/mol. The molecule has 10 nitrogen and oxygen atoms in total. The van der Waals surface area contributed by atoms with Gasteiger partial charge in [0.2, 0.25) is 5.95 Å². The molecule has 1 atom stereocenters. The quantitative estimate of drug-likeness (QED) is 0.266. The Labute approximate surface area is 247 Å². The van der Waals surface area contributed by atoms with Gasteiger partial charge in [-0.1, -0.05) is 18.9 Å². The number of imidazole rings is 1. The summed E-state index contributed by atoms with van der Waals surface area (Å²) in [6, 6.07) is 10.6. The highest BCUT2D eigenvalue weighted by Crippen LogP contribution is 2.29. The van der Waals surface area contributed by atoms with Gasteiger partial charge in [0.1, 0.15) is 11.4 Å². The second-order valence-corrected chi connectivity index (χ2v) is 12.7. The molecule has 222 valence electrons. The van der Waals surface area contributed by atoms with E-state index in [1.807, 2.05) is 45.3 Å². The Morgan fingerprint density at radius 2 is 1.88 bits per heavy atom. The number of anilines is 2. The smallest absolute Gasteiger partial charge is 0.410 e. The number of H-pyrrole nitrogens is 1. The van der Waals surface area contributed by atoms with Crippen molar-refractivity contribution < 1.29 is 9.53 Å². The van der Waals surface area contributed by atoms with Gasteiger partial charge in [0.05, 0.1) is 17.2 Å². The summed E-state index contributed by atoms with van der Waals surface area (Å²) < 4.78 is 7.64. The standard InChI is InChI=1S/C32H42N8O2/c1-22(38-13-15-39(16-14-38)31(41)42-32(2,3)4)24-11-12-33-29(18-24)37-30-35-27-10-9-25(17-28(27)36-30)26-19-34-40(21-26)20-23-7-5-6-8-23/h9-12,17-19,21-23H,5-8,13-16,20H2,1-4H3,(H2,33,35,36,37). The summed E-state index contributed by atoms with van der Waals surface area (Å²) in [6.45, 7) is 11.8. The van der Waals surface area contributed by atoms with E-state index in [0.29, 0.717) is 19.0 Å². The number of aromatic nitrogens is 5. The van der Waals surface area contributed by atoms with Crippen LogP contribution in [0.4, 0.5) is 16.6 Å². The number of rotatable bonds is 7. The van der Waals surface area contributed by atoms with Gasteiger partial charge in [0.15, 0.2) is 0 Å². The van der Waals surface area contributed by atoms with Crippen LogP contribution in [0, 0.1) is 5.92 Å². The van der Waals surface area contributed by atoms with Gasteiger partial charge >= 0.3 is 6.09 Å². The average molecular weight is 571 g/mol. The van der Waals surface area contributed by atoms with Crippen LogP contribution in [-0.4, -0.2) is 72.4 Å². The van der Waals surface area contributed by atoms with E-state index >= 15 is 0 Å². The molecule has 0 radical (unpaired) electrons. The molecule has 1 amide bonds. The Kier molecular flexibility index (Phi) is 7.90. The lowest BCUT2D eigenvalue weighted by atomic mass is 10.1. The predicted molar refractivity (Wildman–Crippen MR) is 165 cm³/mol. The number of fused-ring (bicyclic) bond motifs is 1. The molecule has 4 heterocycles. The molecule has 1 aliphatic carbocycles. The van der Waals surface area contributed by atoms with Crippen molar-refractivity contribution in [3.8, 4) is 11.1 Å². The predicted octanol–water partition coefficient (Wildman–Crippen LogP) is 6.37. The summed E-state index contributed by atoms with van der Waals surface area (Å²) in [6.07, 6.45) is 11.0. The largest absolute Gasteiger partial charge is 0.444 e. The van der Waals surface area contributed by atoms with Crippen molar-refractivity contribution in [1.82, 2.24) is 34.5 Å². The Morgan fingerprint density at radius 1 is 1.10 bits per heavy atom. The normalized spacial score (nSPS) is 17.6. The minimum absolute atomic E-state index is 0.183. The van der Waals surface area contributed by atoms with E-state index in [1.54, 1.807) is 4.90 Å². The van der Waals surface area contributed by atoms with Crippen LogP contribution in [0.25, 0.3) is 22.2 Å². The molecule has 42 heavy (non-hydrogen) atoms. The van der Waals surface area contributed by atoms with Gasteiger partial charge in [-0.3, -0.25) is 9.58 Å². The average Bonchev–Trinajstić information content (AvgIpc) is 3.73. The molecule has 4 aromatic rings. The fraction of sp³-hybridized carbons (Fsp3) is 0.500. The molecule has 1 aromatic carbocycles. The first kappa shape index (κ1) is 28.2. The molecule has 1 aliphatic heterocycles. The molecule has 1 saturated heterocycles. The van der Waals surface area contributed by atoms with Crippen LogP contribution in [0.15, 0.2) is 48.9 Å². The van der Waals surface area contributed by atoms with Crippen molar-refractivity contribution in [3.05, 3.63) is 54.5 Å². The zero-order valence-electron chi connectivity index (χ0n) is 25.1. The molecule has 1 saturated carbocycles. The number of pyridine rings is 1. The molecule has 2 aliphatic rings. The van der Waals surface area contributed by atoms with Gasteiger partial charge < -0.3 is 19.9 Å². The second kappa shape index (κ2) is 11.8. The van der Waals surface area contributed by atoms with Crippen molar-refractivity contribution in [3.63, 3.8) is 0 Å². The number of carbonyl (C=O) groups excluding carboxylic acids is 1. The molecule has 2 fully saturated rings. The summed E-state index contributed by atoms with van der Waals surface area (Å²) in [4.78, 5) is 29.3. The number of hydrogen-bond acceptors (Lipinski definition) is 7. The van der Waals surface area contributed by atoms with Crippen LogP contribution in [0.2, 0.25) is 0 Å². The van der Waals surface area contributed by atoms with E-state index < -0.39 is 5.60 Å². The third-order valence-corrected chi connectivity index (χ3v) is 8.40. The van der Waals surface area contributed by atoms with Gasteiger partial charge in [-0.05, 0) is 81.8 Å². The van der Waals surface area contributed by atoms with Crippen LogP contribution in [-0.2, 0) is 11.3 Å². The second-order valence-electron chi connectivity index (χ2n) is 12.7. The minimum atomic E-state index is -0.484. The van der Waals surface area contributed by atoms with E-state index in [9.17, 15) is 4.79 Å². The highest BCUT2D eigenvalue weighted by molar-refractivity contribution is 5.83. The molecule has 10 heteroatoms. The Balaban J connectivity index is 1.08. The Morgan fingerprint density at radius 3 is 2.64 bits per heavy atom. The molecule has 0 bridgehead atoms. The third kappa shape index (κ3) is 6.59. The number of hydrogen-bond donors (Lipinski definition) is 2. The monoisotopic (exact) mass is 570 g/mol. The van der Waals surface area contributed by atoms with Crippen molar-refractivity contribution in [2.75, 3.05) is 31.5 Å². The first-order valence-corrected chi connectivity index (χ1v) is 15.2. The van der Waals surface area contributed by atoms with Gasteiger partial charge in [-0.2, -0.15) is 5.10 Å². The number of carbonyl (C=O) groups is 1. The zero-order chi connectivity index (χ0) is 29.3. The number of aromatic amines is 1. The molecular formula is C32H42N8O2. The maximum Gasteiger partial charge on any atom is 0.410 e. The maximum atomic E-state index is 12.4. The van der Waals surface area contributed by atoms with Gasteiger partial charge in [0.25, 0.3) is 0 Å². The number of nitrogens with one attached hydrogen (secondary N) is 2. The first-order chi connectivity index (χ1) is 20.2. The molecule has 6 rings (SSSR count). The number of ether oxygens (including phenoxy) is 1. The number of piperazine rings is 1. The van der Waals surface area contributed by atoms with E-state index in [2.05, 4.69) is 61.3 Å². The number of amides is 1. The zero-order valence-corrected chi connectivity index (χ0v) is 25.1. The van der Waals surface area contributed by atoms with E-state index in [4.69, 9.17) is 9.72 Å². The van der Waals surface area contributed by atoms with Crippen LogP contribution in [0.3, 0.4) is 0 Å². The number of nitrogens with zero attached hydrogens (tertiary/aromatic N) is 6. The Hall–Kier alpha value is -3.92. The van der Waals surface area contributed by atoms with Crippen LogP contribution >= 0.6 is 0 Å². The Bertz CT molecular complexity index is 1520. The van der Waals surface area contributed by atoms with Crippen molar-refractivity contribution >= 4 is 28.9 Å². The topological polar surface area (TPSA) is 104 Å². The first-order valence-electron chi connectivity index (χ1n) is 15.2. The van der Waals surface area contributed by atoms with Gasteiger partial charge in [0, 0.05) is 56.7 Å². The van der Waals surface area contributed by atoms with Crippen molar-refractivity contribution in [2.24, 2.45) is 5.92 Å². The maximum absolute atomic E-state index is 12.4. The summed E-state index contributed by atoms with van der Waals surface area (Å²) in [5.74, 6) is 2.15. The molecule has 1 unspecified atom stereocenters. The summed E-state index contributed by atoms with van der Waals surface area (Å²) >= 11 is 0. The lowest BCUT2D eigenvalue weighted by molar-refractivity contribution is 0.0110. The lowest BCUT2D eigenvalue weighted by Gasteiger charge is -2.38. The SMILES string of the molecule is CC(c1ccnc(Nc2nc3ccc(-c4cnn(CC5CCCC5)c4)cc3[nH]2)c1)N1CCN(C(=O)OC(C)(C)C)CC1. The van der Waals surface area contributed by atoms with Crippen molar-refractivity contribution in [1.29, 1.82) is 0 Å². The summed E-state index contributed by atoms with van der Waals surface area (Å²) in [7, 11) is 0. The third-order valence-electron chi connectivity index (χ3n) is 8.40. The van der Waals surface area contributed by atoms with Crippen LogP contribution in [0.5, 0.6) is 0 Å².